The average Bonchev–Trinajstić information content (AvgIpc) is 1.99. The molecule has 1 N–H and O–H groups in total. The molecule has 0 radical (unpaired) electrons. The fourth-order valence-corrected chi connectivity index (χ4v) is 1.00. The second-order valence-electron chi connectivity index (χ2n) is 4.38. The van der Waals surface area contributed by atoms with E-state index in [4.69, 9.17) is 4.74 Å². The first-order chi connectivity index (χ1) is 6.87. The van der Waals surface area contributed by atoms with Crippen LogP contribution in [0.25, 0.3) is 0 Å². The van der Waals surface area contributed by atoms with Crippen molar-refractivity contribution in [3.05, 3.63) is 23.9 Å². The Balaban J connectivity index is 2.59. The molecule has 0 aliphatic heterocycles. The Labute approximate surface area is 89.7 Å². The molecule has 15 heavy (non-hydrogen) atoms. The van der Waals surface area contributed by atoms with Crippen molar-refractivity contribution in [3.63, 3.8) is 0 Å². The number of carbonyl (C=O) groups is 1. The van der Waals surface area contributed by atoms with E-state index in [0.29, 0.717) is 5.88 Å². The second-order valence-corrected chi connectivity index (χ2v) is 4.38. The summed E-state index contributed by atoms with van der Waals surface area (Å²) in [5.41, 5.74) is 0.511. The highest BCUT2D eigenvalue weighted by molar-refractivity contribution is 5.70. The standard InChI is InChI=1S/C11H16N2O2/c1-8-6-5-7-9(12-8)15-10(14)13-11(2,3)4/h5-7H,1-4H3,(H,13,14). The largest absolute Gasteiger partial charge is 0.414 e. The summed E-state index contributed by atoms with van der Waals surface area (Å²) < 4.78 is 5.01. The molecule has 1 aromatic heterocycles. The van der Waals surface area contributed by atoms with Gasteiger partial charge in [0, 0.05) is 17.3 Å². The Morgan fingerprint density at radius 2 is 2.07 bits per heavy atom. The highest BCUT2D eigenvalue weighted by Gasteiger charge is 2.15. The molecular formula is C11H16N2O2. The van der Waals surface area contributed by atoms with E-state index in [9.17, 15) is 4.79 Å². The predicted molar refractivity (Wildman–Crippen MR) is 57.9 cm³/mol. The van der Waals surface area contributed by atoms with Crippen LogP contribution < -0.4 is 10.1 Å². The maximum Gasteiger partial charge on any atom is 0.414 e. The van der Waals surface area contributed by atoms with E-state index < -0.39 is 6.09 Å². The number of nitrogens with zero attached hydrogens (tertiary/aromatic N) is 1. The van der Waals surface area contributed by atoms with Gasteiger partial charge in [-0.15, -0.1) is 0 Å². The molecule has 0 saturated heterocycles. The molecule has 0 bridgehead atoms. The Kier molecular flexibility index (Phi) is 3.29. The van der Waals surface area contributed by atoms with Crippen LogP contribution in [0.2, 0.25) is 0 Å². The first-order valence-corrected chi connectivity index (χ1v) is 4.80. The number of ether oxygens (including phenoxy) is 1. The number of aromatic nitrogens is 1. The van der Waals surface area contributed by atoms with Gasteiger partial charge in [0.05, 0.1) is 0 Å². The Bertz CT molecular complexity index is 356. The van der Waals surface area contributed by atoms with Gasteiger partial charge in [0.15, 0.2) is 0 Å². The van der Waals surface area contributed by atoms with E-state index in [-0.39, 0.29) is 5.54 Å². The van der Waals surface area contributed by atoms with E-state index in [1.807, 2.05) is 33.8 Å². The lowest BCUT2D eigenvalue weighted by atomic mass is 10.1. The lowest BCUT2D eigenvalue weighted by molar-refractivity contribution is 0.188. The molecule has 0 fully saturated rings. The summed E-state index contributed by atoms with van der Waals surface area (Å²) in [7, 11) is 0. The molecule has 1 aromatic rings. The third-order valence-electron chi connectivity index (χ3n) is 1.54. The summed E-state index contributed by atoms with van der Waals surface area (Å²) in [6, 6.07) is 5.28. The van der Waals surface area contributed by atoms with Crippen LogP contribution in [0.3, 0.4) is 0 Å². The van der Waals surface area contributed by atoms with Gasteiger partial charge in [-0.05, 0) is 33.8 Å². The van der Waals surface area contributed by atoms with Crippen LogP contribution in [0.4, 0.5) is 4.79 Å². The van der Waals surface area contributed by atoms with Crippen LogP contribution in [0.5, 0.6) is 5.88 Å². The molecule has 0 aliphatic carbocycles. The van der Waals surface area contributed by atoms with Gasteiger partial charge in [-0.3, -0.25) is 0 Å². The molecule has 82 valence electrons. The van der Waals surface area contributed by atoms with Crippen molar-refractivity contribution >= 4 is 6.09 Å². The minimum Gasteiger partial charge on any atom is -0.391 e. The maximum absolute atomic E-state index is 11.4. The lowest BCUT2D eigenvalue weighted by Gasteiger charge is -2.19. The third-order valence-corrected chi connectivity index (χ3v) is 1.54. The zero-order chi connectivity index (χ0) is 11.5. The van der Waals surface area contributed by atoms with E-state index in [0.717, 1.165) is 5.69 Å². The first-order valence-electron chi connectivity index (χ1n) is 4.80. The molecule has 0 unspecified atom stereocenters. The molecule has 1 heterocycles. The van der Waals surface area contributed by atoms with Gasteiger partial charge >= 0.3 is 6.09 Å². The van der Waals surface area contributed by atoms with E-state index in [1.54, 1.807) is 12.1 Å². The number of hydrogen-bond acceptors (Lipinski definition) is 3. The van der Waals surface area contributed by atoms with Crippen LogP contribution >= 0.6 is 0 Å². The quantitative estimate of drug-likeness (QED) is 0.770. The molecule has 4 heteroatoms. The number of nitrogens with one attached hydrogen (secondary N) is 1. The van der Waals surface area contributed by atoms with Crippen LogP contribution in [0.1, 0.15) is 26.5 Å². The smallest absolute Gasteiger partial charge is 0.391 e. The van der Waals surface area contributed by atoms with Gasteiger partial charge in [0.1, 0.15) is 0 Å². The van der Waals surface area contributed by atoms with Gasteiger partial charge in [-0.2, -0.15) is 0 Å². The van der Waals surface area contributed by atoms with Crippen LogP contribution in [-0.4, -0.2) is 16.6 Å². The Morgan fingerprint density at radius 1 is 1.40 bits per heavy atom. The summed E-state index contributed by atoms with van der Waals surface area (Å²) in [4.78, 5) is 15.4. The lowest BCUT2D eigenvalue weighted by Crippen LogP contribution is -2.42. The molecule has 0 spiro atoms. The van der Waals surface area contributed by atoms with Crippen molar-refractivity contribution in [2.75, 3.05) is 0 Å². The van der Waals surface area contributed by atoms with Crippen LogP contribution in [0, 0.1) is 6.92 Å². The molecule has 1 amide bonds. The first kappa shape index (κ1) is 11.5. The van der Waals surface area contributed by atoms with E-state index in [2.05, 4.69) is 10.3 Å². The molecule has 4 nitrogen and oxygen atoms in total. The average molecular weight is 208 g/mol. The summed E-state index contributed by atoms with van der Waals surface area (Å²) in [5, 5.41) is 2.69. The van der Waals surface area contributed by atoms with Crippen molar-refractivity contribution in [1.29, 1.82) is 0 Å². The van der Waals surface area contributed by atoms with Crippen molar-refractivity contribution in [2.45, 2.75) is 33.2 Å². The zero-order valence-electron chi connectivity index (χ0n) is 9.50. The highest BCUT2D eigenvalue weighted by Crippen LogP contribution is 2.07. The van der Waals surface area contributed by atoms with Crippen molar-refractivity contribution in [1.82, 2.24) is 10.3 Å². The molecule has 0 aromatic carbocycles. The topological polar surface area (TPSA) is 51.2 Å². The predicted octanol–water partition coefficient (Wildman–Crippen LogP) is 2.28. The highest BCUT2D eigenvalue weighted by atomic mass is 16.6. The fourth-order valence-electron chi connectivity index (χ4n) is 1.00. The zero-order valence-corrected chi connectivity index (χ0v) is 9.50. The number of pyridine rings is 1. The van der Waals surface area contributed by atoms with Crippen molar-refractivity contribution in [3.8, 4) is 5.88 Å². The third kappa shape index (κ3) is 4.44. The molecule has 1 rings (SSSR count). The molecular weight excluding hydrogens is 192 g/mol. The van der Waals surface area contributed by atoms with E-state index >= 15 is 0 Å². The van der Waals surface area contributed by atoms with Gasteiger partial charge in [0.25, 0.3) is 0 Å². The van der Waals surface area contributed by atoms with Gasteiger partial charge in [-0.25, -0.2) is 9.78 Å². The second kappa shape index (κ2) is 4.29. The minimum absolute atomic E-state index is 0.305. The maximum atomic E-state index is 11.4. The van der Waals surface area contributed by atoms with Gasteiger partial charge in [-0.1, -0.05) is 6.07 Å². The summed E-state index contributed by atoms with van der Waals surface area (Å²) in [6.45, 7) is 7.50. The summed E-state index contributed by atoms with van der Waals surface area (Å²) in [6.07, 6.45) is -0.486. The number of aryl methyl sites for hydroxylation is 1. The van der Waals surface area contributed by atoms with Crippen molar-refractivity contribution < 1.29 is 9.53 Å². The SMILES string of the molecule is Cc1cccc(OC(=O)NC(C)(C)C)n1. The fraction of sp³-hybridized carbons (Fsp3) is 0.455. The molecule has 0 saturated carbocycles. The van der Waals surface area contributed by atoms with Gasteiger partial charge < -0.3 is 10.1 Å². The van der Waals surface area contributed by atoms with Crippen LogP contribution in [-0.2, 0) is 0 Å². The van der Waals surface area contributed by atoms with Gasteiger partial charge in [0.2, 0.25) is 5.88 Å². The number of amides is 1. The van der Waals surface area contributed by atoms with E-state index in [1.165, 1.54) is 0 Å². The summed E-state index contributed by atoms with van der Waals surface area (Å²) in [5.74, 6) is 0.316. The van der Waals surface area contributed by atoms with Crippen molar-refractivity contribution in [2.24, 2.45) is 0 Å². The summed E-state index contributed by atoms with van der Waals surface area (Å²) >= 11 is 0. The normalized spacial score (nSPS) is 10.9. The Morgan fingerprint density at radius 3 is 2.60 bits per heavy atom. The Hall–Kier alpha value is -1.58. The number of rotatable bonds is 1. The van der Waals surface area contributed by atoms with Crippen LogP contribution in [0.15, 0.2) is 18.2 Å². The minimum atomic E-state index is -0.486. The number of carbonyl (C=O) groups excluding carboxylic acids is 1. The number of hydrogen-bond donors (Lipinski definition) is 1. The molecule has 0 aliphatic rings. The monoisotopic (exact) mass is 208 g/mol. The molecule has 0 atom stereocenters.